The van der Waals surface area contributed by atoms with Gasteiger partial charge in [-0.25, -0.2) is 0 Å². The maximum absolute atomic E-state index is 12.1. The van der Waals surface area contributed by atoms with E-state index in [1.165, 1.54) is 11.1 Å². The van der Waals surface area contributed by atoms with Crippen LogP contribution < -0.4 is 11.1 Å². The number of carbonyl (C=O) groups is 1. The van der Waals surface area contributed by atoms with Crippen molar-refractivity contribution in [1.29, 1.82) is 0 Å². The number of carbonyl (C=O) groups excluding carboxylic acids is 1. The number of hydrogen-bond donors (Lipinski definition) is 2. The van der Waals surface area contributed by atoms with Crippen molar-refractivity contribution in [3.8, 4) is 0 Å². The van der Waals surface area contributed by atoms with E-state index in [4.69, 9.17) is 5.73 Å². The molecule has 3 N–H and O–H groups in total. The van der Waals surface area contributed by atoms with E-state index in [-0.39, 0.29) is 30.7 Å². The quantitative estimate of drug-likeness (QED) is 0.779. The van der Waals surface area contributed by atoms with E-state index in [2.05, 4.69) is 34.5 Å². The van der Waals surface area contributed by atoms with E-state index in [9.17, 15) is 4.79 Å². The van der Waals surface area contributed by atoms with Crippen LogP contribution in [0.4, 0.5) is 0 Å². The van der Waals surface area contributed by atoms with Gasteiger partial charge in [-0.1, -0.05) is 37.1 Å². The molecule has 0 saturated heterocycles. The highest BCUT2D eigenvalue weighted by molar-refractivity contribution is 5.86. The highest BCUT2D eigenvalue weighted by atomic mass is 35.5. The fraction of sp³-hybridized carbons (Fsp3) is 0.611. The molecule has 4 nitrogen and oxygen atoms in total. The molecule has 1 aromatic rings. The Hall–Kier alpha value is -0.810. The first-order chi connectivity index (χ1) is 10.7. The summed E-state index contributed by atoms with van der Waals surface area (Å²) in [5.74, 6) is 0.0500. The van der Waals surface area contributed by atoms with Crippen molar-refractivity contribution in [3.05, 3.63) is 35.4 Å². The molecule has 2 aliphatic rings. The first kappa shape index (κ1) is 21.2. The number of benzene rings is 1. The molecule has 3 rings (SSSR count). The number of rotatable bonds is 5. The topological polar surface area (TPSA) is 58.4 Å². The summed E-state index contributed by atoms with van der Waals surface area (Å²) in [6.45, 7) is 3.92. The first-order valence-electron chi connectivity index (χ1n) is 8.54. The van der Waals surface area contributed by atoms with Gasteiger partial charge in [0.05, 0.1) is 5.54 Å². The van der Waals surface area contributed by atoms with Crippen LogP contribution in [0.2, 0.25) is 0 Å². The van der Waals surface area contributed by atoms with Gasteiger partial charge >= 0.3 is 0 Å². The highest BCUT2D eigenvalue weighted by Gasteiger charge is 2.36. The Bertz CT molecular complexity index is 533. The summed E-state index contributed by atoms with van der Waals surface area (Å²) < 4.78 is 0. The number of amides is 1. The summed E-state index contributed by atoms with van der Waals surface area (Å²) in [6, 6.07) is 8.69. The summed E-state index contributed by atoms with van der Waals surface area (Å²) in [5.41, 5.74) is 8.50. The number of nitrogens with zero attached hydrogens (tertiary/aromatic N) is 1. The first-order valence-corrected chi connectivity index (χ1v) is 8.54. The molecule has 1 aliphatic heterocycles. The molecule has 6 heteroatoms. The van der Waals surface area contributed by atoms with Gasteiger partial charge in [-0.3, -0.25) is 9.69 Å². The van der Waals surface area contributed by atoms with Gasteiger partial charge in [0.15, 0.2) is 0 Å². The molecule has 0 radical (unpaired) electrons. The second kappa shape index (κ2) is 9.62. The Labute approximate surface area is 157 Å². The SMILES string of the molecule is Cl.Cl.NC1(C(=O)NCCCN2CCc3ccccc3C2)CCCC1. The molecule has 136 valence electrons. The van der Waals surface area contributed by atoms with Gasteiger partial charge in [-0.15, -0.1) is 24.8 Å². The molecule has 1 aliphatic carbocycles. The predicted octanol–water partition coefficient (Wildman–Crippen LogP) is 2.67. The highest BCUT2D eigenvalue weighted by Crippen LogP contribution is 2.27. The van der Waals surface area contributed by atoms with E-state index in [0.717, 1.165) is 64.7 Å². The normalized spacial score (nSPS) is 18.9. The second-order valence-corrected chi connectivity index (χ2v) is 6.77. The zero-order chi connectivity index (χ0) is 15.4. The van der Waals surface area contributed by atoms with Crippen LogP contribution >= 0.6 is 24.8 Å². The zero-order valence-electron chi connectivity index (χ0n) is 14.1. The molecule has 1 fully saturated rings. The molecule has 1 aromatic carbocycles. The third-order valence-corrected chi connectivity index (χ3v) is 5.09. The smallest absolute Gasteiger partial charge is 0.240 e. The van der Waals surface area contributed by atoms with Crippen LogP contribution in [0.15, 0.2) is 24.3 Å². The lowest BCUT2D eigenvalue weighted by molar-refractivity contribution is -0.126. The summed E-state index contributed by atoms with van der Waals surface area (Å²) in [6.07, 6.45) is 5.95. The van der Waals surface area contributed by atoms with Crippen LogP contribution in [0, 0.1) is 0 Å². The zero-order valence-corrected chi connectivity index (χ0v) is 15.8. The van der Waals surface area contributed by atoms with E-state index in [1.54, 1.807) is 0 Å². The second-order valence-electron chi connectivity index (χ2n) is 6.77. The number of nitrogens with two attached hydrogens (primary N) is 1. The third-order valence-electron chi connectivity index (χ3n) is 5.09. The van der Waals surface area contributed by atoms with Crippen LogP contribution in [0.3, 0.4) is 0 Å². The fourth-order valence-corrected chi connectivity index (χ4v) is 3.66. The van der Waals surface area contributed by atoms with Crippen LogP contribution in [-0.2, 0) is 17.8 Å². The third kappa shape index (κ3) is 5.09. The van der Waals surface area contributed by atoms with Gasteiger partial charge in [0.2, 0.25) is 5.91 Å². The minimum atomic E-state index is -0.593. The molecule has 1 amide bonds. The Morgan fingerprint density at radius 1 is 1.17 bits per heavy atom. The van der Waals surface area contributed by atoms with Crippen molar-refractivity contribution >= 4 is 30.7 Å². The Morgan fingerprint density at radius 3 is 2.54 bits per heavy atom. The van der Waals surface area contributed by atoms with E-state index in [0.29, 0.717) is 0 Å². The molecule has 0 atom stereocenters. The predicted molar refractivity (Wildman–Crippen MR) is 103 cm³/mol. The number of hydrogen-bond acceptors (Lipinski definition) is 3. The van der Waals surface area contributed by atoms with Crippen molar-refractivity contribution in [2.45, 2.75) is 50.6 Å². The lowest BCUT2D eigenvalue weighted by atomic mass is 9.98. The number of halogens is 2. The molecule has 0 aromatic heterocycles. The largest absolute Gasteiger partial charge is 0.354 e. The number of nitrogens with one attached hydrogen (secondary N) is 1. The Morgan fingerprint density at radius 2 is 1.83 bits per heavy atom. The van der Waals surface area contributed by atoms with Gasteiger partial charge in [-0.05, 0) is 36.8 Å². The van der Waals surface area contributed by atoms with Gasteiger partial charge in [-0.2, -0.15) is 0 Å². The van der Waals surface area contributed by atoms with Crippen LogP contribution in [0.5, 0.6) is 0 Å². The van der Waals surface area contributed by atoms with Crippen molar-refractivity contribution in [3.63, 3.8) is 0 Å². The lowest BCUT2D eigenvalue weighted by Crippen LogP contribution is -2.52. The summed E-state index contributed by atoms with van der Waals surface area (Å²) in [4.78, 5) is 14.6. The van der Waals surface area contributed by atoms with Crippen LogP contribution in [-0.4, -0.2) is 36.0 Å². The molecule has 0 unspecified atom stereocenters. The Balaban J connectivity index is 0.00000144. The minimum Gasteiger partial charge on any atom is -0.354 e. The molecule has 24 heavy (non-hydrogen) atoms. The summed E-state index contributed by atoms with van der Waals surface area (Å²) in [7, 11) is 0. The average molecular weight is 374 g/mol. The van der Waals surface area contributed by atoms with Crippen LogP contribution in [0.25, 0.3) is 0 Å². The number of fused-ring (bicyclic) bond motifs is 1. The van der Waals surface area contributed by atoms with Gasteiger partial charge in [0.1, 0.15) is 0 Å². The van der Waals surface area contributed by atoms with E-state index in [1.807, 2.05) is 0 Å². The maximum Gasteiger partial charge on any atom is 0.240 e. The van der Waals surface area contributed by atoms with Gasteiger partial charge in [0.25, 0.3) is 0 Å². The Kier molecular flexibility index (Phi) is 8.51. The molecule has 0 spiro atoms. The summed E-state index contributed by atoms with van der Waals surface area (Å²) >= 11 is 0. The monoisotopic (exact) mass is 373 g/mol. The van der Waals surface area contributed by atoms with Crippen molar-refractivity contribution in [2.24, 2.45) is 5.73 Å². The van der Waals surface area contributed by atoms with Gasteiger partial charge in [0, 0.05) is 26.2 Å². The fourth-order valence-electron chi connectivity index (χ4n) is 3.66. The average Bonchev–Trinajstić information content (AvgIpc) is 2.99. The maximum atomic E-state index is 12.1. The standard InChI is InChI=1S/C18H27N3O.2ClH/c19-18(9-3-4-10-18)17(22)20-11-5-12-21-13-8-15-6-1-2-7-16(15)14-21;;/h1-2,6-7H,3-5,8-14,19H2,(H,20,22);2*1H. The molecule has 0 bridgehead atoms. The molecular weight excluding hydrogens is 345 g/mol. The van der Waals surface area contributed by atoms with E-state index >= 15 is 0 Å². The minimum absolute atomic E-state index is 0. The van der Waals surface area contributed by atoms with Crippen LogP contribution in [0.1, 0.15) is 43.2 Å². The van der Waals surface area contributed by atoms with Gasteiger partial charge < -0.3 is 11.1 Å². The van der Waals surface area contributed by atoms with Crippen molar-refractivity contribution in [2.75, 3.05) is 19.6 Å². The van der Waals surface area contributed by atoms with E-state index < -0.39 is 5.54 Å². The molecule has 1 saturated carbocycles. The molecule has 1 heterocycles. The van der Waals surface area contributed by atoms with Crippen molar-refractivity contribution in [1.82, 2.24) is 10.2 Å². The summed E-state index contributed by atoms with van der Waals surface area (Å²) in [5, 5.41) is 3.03. The van der Waals surface area contributed by atoms with Crippen molar-refractivity contribution < 1.29 is 4.79 Å². The molecular formula is C18H29Cl2N3O. The lowest BCUT2D eigenvalue weighted by Gasteiger charge is -2.29.